The third-order valence-corrected chi connectivity index (χ3v) is 2.85. The Morgan fingerprint density at radius 1 is 1.53 bits per heavy atom. The lowest BCUT2D eigenvalue weighted by Gasteiger charge is -2.05. The lowest BCUT2D eigenvalue weighted by molar-refractivity contribution is -0.138. The number of rotatable bonds is 4. The first-order chi connectivity index (χ1) is 8.15. The van der Waals surface area contributed by atoms with Crippen molar-refractivity contribution in [3.8, 4) is 0 Å². The van der Waals surface area contributed by atoms with Crippen LogP contribution in [0.4, 0.5) is 5.13 Å². The zero-order valence-corrected chi connectivity index (χ0v) is 9.89. The normalized spacial score (nSPS) is 11.1. The van der Waals surface area contributed by atoms with Crippen molar-refractivity contribution in [3.05, 3.63) is 24.3 Å². The maximum atomic E-state index is 10.4. The van der Waals surface area contributed by atoms with Gasteiger partial charge in [-0.05, 0) is 12.1 Å². The molecule has 17 heavy (non-hydrogen) atoms. The van der Waals surface area contributed by atoms with Crippen LogP contribution in [-0.2, 0) is 4.79 Å². The minimum Gasteiger partial charge on any atom is -0.480 e. The van der Waals surface area contributed by atoms with E-state index in [0.717, 1.165) is 10.2 Å². The number of fused-ring (bicyclic) bond motifs is 1. The molecule has 0 atom stereocenters. The molecule has 7 heteroatoms. The number of nitrogens with zero attached hydrogens (tertiary/aromatic N) is 4. The summed E-state index contributed by atoms with van der Waals surface area (Å²) in [4.78, 5) is 14.7. The zero-order chi connectivity index (χ0) is 12.3. The quantitative estimate of drug-likeness (QED) is 0.667. The molecule has 1 N–H and O–H groups in total. The monoisotopic (exact) mass is 250 g/mol. The molecular weight excluding hydrogens is 240 g/mol. The summed E-state index contributed by atoms with van der Waals surface area (Å²) in [6.45, 7) is -0.186. The number of aromatic nitrogens is 1. The molecular formula is C10H10N4O2S. The lowest BCUT2D eigenvalue weighted by Crippen LogP contribution is -2.19. The van der Waals surface area contributed by atoms with E-state index < -0.39 is 5.97 Å². The van der Waals surface area contributed by atoms with Gasteiger partial charge in [0, 0.05) is 7.05 Å². The van der Waals surface area contributed by atoms with Crippen LogP contribution in [0.15, 0.2) is 34.6 Å². The van der Waals surface area contributed by atoms with Crippen LogP contribution in [0.5, 0.6) is 0 Å². The highest BCUT2D eigenvalue weighted by Gasteiger charge is 2.03. The Bertz CT molecular complexity index is 533. The summed E-state index contributed by atoms with van der Waals surface area (Å²) in [6, 6.07) is 7.68. The number of benzene rings is 1. The average molecular weight is 250 g/mol. The van der Waals surface area contributed by atoms with E-state index in [2.05, 4.69) is 15.3 Å². The molecule has 0 fully saturated rings. The summed E-state index contributed by atoms with van der Waals surface area (Å²) in [5, 5.41) is 17.9. The van der Waals surface area contributed by atoms with E-state index in [-0.39, 0.29) is 6.54 Å². The van der Waals surface area contributed by atoms with Gasteiger partial charge in [-0.3, -0.25) is 9.80 Å². The molecule has 0 unspecified atom stereocenters. The second kappa shape index (κ2) is 4.88. The predicted molar refractivity (Wildman–Crippen MR) is 64.4 cm³/mol. The molecule has 0 saturated heterocycles. The van der Waals surface area contributed by atoms with Crippen LogP contribution in [0.1, 0.15) is 0 Å². The molecule has 2 rings (SSSR count). The Labute approximate surface area is 101 Å². The van der Waals surface area contributed by atoms with Crippen LogP contribution >= 0.6 is 11.3 Å². The van der Waals surface area contributed by atoms with Crippen LogP contribution in [0.3, 0.4) is 0 Å². The molecule has 0 aliphatic carbocycles. The van der Waals surface area contributed by atoms with Crippen molar-refractivity contribution >= 4 is 32.7 Å². The molecule has 2 aromatic rings. The molecule has 1 aromatic carbocycles. The van der Waals surface area contributed by atoms with Crippen LogP contribution in [0.2, 0.25) is 0 Å². The minimum atomic E-state index is -0.948. The third-order valence-electron chi connectivity index (χ3n) is 1.93. The number of carboxylic acids is 1. The fourth-order valence-electron chi connectivity index (χ4n) is 1.24. The van der Waals surface area contributed by atoms with E-state index in [1.54, 1.807) is 7.05 Å². The molecule has 0 radical (unpaired) electrons. The SMILES string of the molecule is CN(CC(=O)O)N=Nc1nc2ccccc2s1. The van der Waals surface area contributed by atoms with Gasteiger partial charge in [0.2, 0.25) is 5.13 Å². The van der Waals surface area contributed by atoms with E-state index >= 15 is 0 Å². The van der Waals surface area contributed by atoms with E-state index in [9.17, 15) is 4.79 Å². The van der Waals surface area contributed by atoms with Gasteiger partial charge in [-0.2, -0.15) is 0 Å². The maximum absolute atomic E-state index is 10.4. The van der Waals surface area contributed by atoms with Crippen molar-refractivity contribution in [2.45, 2.75) is 0 Å². The smallest absolute Gasteiger partial charge is 0.324 e. The number of aliphatic carboxylic acids is 1. The van der Waals surface area contributed by atoms with Gasteiger partial charge in [0.25, 0.3) is 0 Å². The van der Waals surface area contributed by atoms with Crippen molar-refractivity contribution in [1.29, 1.82) is 0 Å². The van der Waals surface area contributed by atoms with Gasteiger partial charge in [0.1, 0.15) is 6.54 Å². The fraction of sp³-hybridized carbons (Fsp3) is 0.200. The van der Waals surface area contributed by atoms with Crippen LogP contribution in [0.25, 0.3) is 10.2 Å². The van der Waals surface area contributed by atoms with Crippen molar-refractivity contribution < 1.29 is 9.90 Å². The molecule has 0 aliphatic heterocycles. The van der Waals surface area contributed by atoms with Gasteiger partial charge >= 0.3 is 5.97 Å². The Morgan fingerprint density at radius 2 is 2.29 bits per heavy atom. The fourth-order valence-corrected chi connectivity index (χ4v) is 2.03. The zero-order valence-electron chi connectivity index (χ0n) is 9.07. The van der Waals surface area contributed by atoms with E-state index in [0.29, 0.717) is 5.13 Å². The van der Waals surface area contributed by atoms with Crippen LogP contribution in [0, 0.1) is 0 Å². The molecule has 6 nitrogen and oxygen atoms in total. The first-order valence-electron chi connectivity index (χ1n) is 4.85. The van der Waals surface area contributed by atoms with Crippen LogP contribution < -0.4 is 0 Å². The molecule has 1 aromatic heterocycles. The van der Waals surface area contributed by atoms with Crippen molar-refractivity contribution in [1.82, 2.24) is 9.99 Å². The number of hydrogen-bond acceptors (Lipinski definition) is 5. The number of thiazole rings is 1. The highest BCUT2D eigenvalue weighted by molar-refractivity contribution is 7.21. The second-order valence-electron chi connectivity index (χ2n) is 3.36. The summed E-state index contributed by atoms with van der Waals surface area (Å²) in [5.74, 6) is -0.948. The summed E-state index contributed by atoms with van der Waals surface area (Å²) in [6.07, 6.45) is 0. The molecule has 0 saturated carbocycles. The van der Waals surface area contributed by atoms with Gasteiger partial charge in [0.15, 0.2) is 0 Å². The summed E-state index contributed by atoms with van der Waals surface area (Å²) >= 11 is 1.41. The lowest BCUT2D eigenvalue weighted by atomic mass is 10.3. The molecule has 0 amide bonds. The first kappa shape index (κ1) is 11.5. The molecule has 88 valence electrons. The standard InChI is InChI=1S/C10H10N4O2S/c1-14(6-9(15)16)13-12-10-11-7-4-2-3-5-8(7)17-10/h2-5H,6H2,1H3,(H,15,16). The highest BCUT2D eigenvalue weighted by Crippen LogP contribution is 2.27. The summed E-state index contributed by atoms with van der Waals surface area (Å²) in [5.41, 5.74) is 0.868. The number of hydrogen-bond donors (Lipinski definition) is 1. The average Bonchev–Trinajstić information content (AvgIpc) is 2.68. The largest absolute Gasteiger partial charge is 0.480 e. The Hall–Kier alpha value is -2.02. The van der Waals surface area contributed by atoms with Crippen molar-refractivity contribution in [3.63, 3.8) is 0 Å². The second-order valence-corrected chi connectivity index (χ2v) is 4.37. The number of likely N-dealkylation sites (N-methyl/N-ethyl adjacent to an activating group) is 1. The highest BCUT2D eigenvalue weighted by atomic mass is 32.1. The topological polar surface area (TPSA) is 78.2 Å². The molecule has 0 bridgehead atoms. The summed E-state index contributed by atoms with van der Waals surface area (Å²) in [7, 11) is 1.55. The Balaban J connectivity index is 2.12. The number of carboxylic acid groups (broad SMARTS) is 1. The van der Waals surface area contributed by atoms with E-state index in [1.165, 1.54) is 16.3 Å². The van der Waals surface area contributed by atoms with E-state index in [4.69, 9.17) is 5.11 Å². The number of carbonyl (C=O) groups is 1. The van der Waals surface area contributed by atoms with Gasteiger partial charge in [-0.1, -0.05) is 28.7 Å². The van der Waals surface area contributed by atoms with Crippen LogP contribution in [-0.4, -0.2) is 34.7 Å². The van der Waals surface area contributed by atoms with Gasteiger partial charge in [0.05, 0.1) is 10.2 Å². The molecule has 1 heterocycles. The van der Waals surface area contributed by atoms with Gasteiger partial charge < -0.3 is 5.11 Å². The van der Waals surface area contributed by atoms with Crippen molar-refractivity contribution in [2.24, 2.45) is 10.3 Å². The minimum absolute atomic E-state index is 0.186. The maximum Gasteiger partial charge on any atom is 0.324 e. The number of para-hydroxylation sites is 1. The molecule has 0 spiro atoms. The Kier molecular flexibility index (Phi) is 3.29. The summed E-state index contributed by atoms with van der Waals surface area (Å²) < 4.78 is 1.03. The van der Waals surface area contributed by atoms with E-state index in [1.807, 2.05) is 24.3 Å². The predicted octanol–water partition coefficient (Wildman–Crippen LogP) is 2.31. The first-order valence-corrected chi connectivity index (χ1v) is 5.67. The van der Waals surface area contributed by atoms with Gasteiger partial charge in [-0.15, -0.1) is 5.11 Å². The third kappa shape index (κ3) is 2.97. The van der Waals surface area contributed by atoms with Gasteiger partial charge in [-0.25, -0.2) is 4.98 Å². The van der Waals surface area contributed by atoms with Crippen molar-refractivity contribution in [2.75, 3.05) is 13.6 Å². The Morgan fingerprint density at radius 3 is 3.00 bits per heavy atom. The molecule has 0 aliphatic rings.